The lowest BCUT2D eigenvalue weighted by molar-refractivity contribution is -0.155. The van der Waals surface area contributed by atoms with Crippen LogP contribution in [0.15, 0.2) is 36.4 Å². The van der Waals surface area contributed by atoms with E-state index in [0.717, 1.165) is 25.9 Å². The van der Waals surface area contributed by atoms with Crippen molar-refractivity contribution in [1.29, 1.82) is 0 Å². The Morgan fingerprint density at radius 3 is 2.67 bits per heavy atom. The van der Waals surface area contributed by atoms with Gasteiger partial charge in [-0.2, -0.15) is 0 Å². The van der Waals surface area contributed by atoms with Gasteiger partial charge >= 0.3 is 5.97 Å². The van der Waals surface area contributed by atoms with Crippen molar-refractivity contribution >= 4 is 5.97 Å². The highest BCUT2D eigenvalue weighted by Crippen LogP contribution is 2.14. The van der Waals surface area contributed by atoms with Crippen molar-refractivity contribution in [3.05, 3.63) is 42.0 Å². The molecule has 0 aliphatic carbocycles. The second-order valence-corrected chi connectivity index (χ2v) is 4.74. The van der Waals surface area contributed by atoms with E-state index in [2.05, 4.69) is 0 Å². The third-order valence-electron chi connectivity index (χ3n) is 3.13. The van der Waals surface area contributed by atoms with Crippen LogP contribution < -0.4 is 4.74 Å². The molecular weight excluding hydrogens is 272 g/mol. The highest BCUT2D eigenvalue weighted by Gasteiger charge is 2.12. The lowest BCUT2D eigenvalue weighted by Crippen LogP contribution is -2.22. The van der Waals surface area contributed by atoms with E-state index in [1.807, 2.05) is 12.2 Å². The summed E-state index contributed by atoms with van der Waals surface area (Å²) in [5, 5.41) is 8.78. The van der Waals surface area contributed by atoms with Crippen LogP contribution in [0.3, 0.4) is 0 Å². The van der Waals surface area contributed by atoms with Crippen LogP contribution in [-0.4, -0.2) is 37.2 Å². The molecule has 1 unspecified atom stereocenters. The summed E-state index contributed by atoms with van der Waals surface area (Å²) in [5.41, 5.74) is 0.249. The van der Waals surface area contributed by atoms with Gasteiger partial charge < -0.3 is 19.3 Å². The van der Waals surface area contributed by atoms with Gasteiger partial charge in [0.25, 0.3) is 0 Å². The van der Waals surface area contributed by atoms with Crippen molar-refractivity contribution in [3.63, 3.8) is 0 Å². The summed E-state index contributed by atoms with van der Waals surface area (Å²) >= 11 is 0. The highest BCUT2D eigenvalue weighted by molar-refractivity contribution is 5.87. The number of benzene rings is 1. The maximum atomic E-state index is 10.7. The fourth-order valence-corrected chi connectivity index (χ4v) is 1.98. The number of carboxylic acids is 1. The monoisotopic (exact) mass is 292 g/mol. The van der Waals surface area contributed by atoms with Crippen LogP contribution >= 0.6 is 0 Å². The molecule has 1 aliphatic heterocycles. The zero-order valence-corrected chi connectivity index (χ0v) is 11.9. The predicted octanol–water partition coefficient (Wildman–Crippen LogP) is 2.86. The summed E-state index contributed by atoms with van der Waals surface area (Å²) in [6.07, 6.45) is 6.92. The van der Waals surface area contributed by atoms with Crippen molar-refractivity contribution in [2.75, 3.05) is 19.8 Å². The number of aromatic carboxylic acids is 1. The van der Waals surface area contributed by atoms with Gasteiger partial charge in [-0.25, -0.2) is 4.79 Å². The molecule has 21 heavy (non-hydrogen) atoms. The minimum Gasteiger partial charge on any atom is -0.490 e. The molecule has 114 valence electrons. The molecule has 0 saturated carbocycles. The molecule has 1 saturated heterocycles. The van der Waals surface area contributed by atoms with Gasteiger partial charge in [-0.1, -0.05) is 6.08 Å². The maximum absolute atomic E-state index is 10.7. The lowest BCUT2D eigenvalue weighted by Gasteiger charge is -2.21. The first-order valence-corrected chi connectivity index (χ1v) is 7.10. The van der Waals surface area contributed by atoms with E-state index in [9.17, 15) is 4.79 Å². The standard InChI is InChI=1S/C16H20O5/c17-16(18)13-6-8-14(9-7-13)19-10-3-4-12-21-15-5-1-2-11-20-15/h3-4,6-9,15H,1-2,5,10-12H2,(H,17,18)/b4-3-. The fourth-order valence-electron chi connectivity index (χ4n) is 1.98. The molecule has 1 N–H and O–H groups in total. The average Bonchev–Trinajstić information content (AvgIpc) is 2.52. The molecular formula is C16H20O5. The number of carbonyl (C=O) groups is 1. The molecule has 0 aromatic heterocycles. The summed E-state index contributed by atoms with van der Waals surface area (Å²) < 4.78 is 16.5. The SMILES string of the molecule is O=C(O)c1ccc(OC/C=C\COC2CCCCO2)cc1. The van der Waals surface area contributed by atoms with Crippen LogP contribution in [0.4, 0.5) is 0 Å². The Bertz CT molecular complexity index is 460. The van der Waals surface area contributed by atoms with Crippen molar-refractivity contribution in [3.8, 4) is 5.75 Å². The summed E-state index contributed by atoms with van der Waals surface area (Å²) in [5.74, 6) is -0.301. The molecule has 1 fully saturated rings. The quantitative estimate of drug-likeness (QED) is 0.783. The number of ether oxygens (including phenoxy) is 3. The minimum absolute atomic E-state index is 0.0760. The maximum Gasteiger partial charge on any atom is 0.335 e. The zero-order valence-electron chi connectivity index (χ0n) is 11.9. The first-order chi connectivity index (χ1) is 10.3. The Balaban J connectivity index is 1.62. The number of carboxylic acid groups (broad SMARTS) is 1. The Morgan fingerprint density at radius 2 is 2.00 bits per heavy atom. The summed E-state index contributed by atoms with van der Waals surface area (Å²) in [6, 6.07) is 6.32. The average molecular weight is 292 g/mol. The molecule has 0 bridgehead atoms. The van der Waals surface area contributed by atoms with Crippen LogP contribution in [-0.2, 0) is 9.47 Å². The van der Waals surface area contributed by atoms with E-state index in [-0.39, 0.29) is 11.9 Å². The third-order valence-corrected chi connectivity index (χ3v) is 3.13. The van der Waals surface area contributed by atoms with Gasteiger partial charge in [0.1, 0.15) is 12.4 Å². The molecule has 1 atom stereocenters. The van der Waals surface area contributed by atoms with E-state index in [0.29, 0.717) is 19.0 Å². The van der Waals surface area contributed by atoms with Gasteiger partial charge in [-0.05, 0) is 49.6 Å². The Labute approximate surface area is 124 Å². The molecule has 0 spiro atoms. The van der Waals surface area contributed by atoms with Crippen LogP contribution in [0.5, 0.6) is 5.75 Å². The van der Waals surface area contributed by atoms with Gasteiger partial charge in [0.05, 0.1) is 12.2 Å². The van der Waals surface area contributed by atoms with E-state index in [1.54, 1.807) is 12.1 Å². The molecule has 5 heteroatoms. The number of hydrogen-bond donors (Lipinski definition) is 1. The van der Waals surface area contributed by atoms with Crippen LogP contribution in [0, 0.1) is 0 Å². The number of rotatable bonds is 7. The smallest absolute Gasteiger partial charge is 0.335 e. The van der Waals surface area contributed by atoms with Crippen molar-refractivity contribution < 1.29 is 24.1 Å². The Kier molecular flexibility index (Phi) is 6.24. The van der Waals surface area contributed by atoms with Gasteiger partial charge in [0.2, 0.25) is 0 Å². The van der Waals surface area contributed by atoms with Crippen molar-refractivity contribution in [2.45, 2.75) is 25.6 Å². The lowest BCUT2D eigenvalue weighted by atomic mass is 10.2. The van der Waals surface area contributed by atoms with Crippen molar-refractivity contribution in [1.82, 2.24) is 0 Å². The predicted molar refractivity (Wildman–Crippen MR) is 77.6 cm³/mol. The topological polar surface area (TPSA) is 65.0 Å². The second-order valence-electron chi connectivity index (χ2n) is 4.74. The molecule has 1 heterocycles. The first kappa shape index (κ1) is 15.5. The fraction of sp³-hybridized carbons (Fsp3) is 0.438. The molecule has 5 nitrogen and oxygen atoms in total. The van der Waals surface area contributed by atoms with E-state index in [1.165, 1.54) is 12.1 Å². The Hall–Kier alpha value is -1.85. The van der Waals surface area contributed by atoms with E-state index < -0.39 is 5.97 Å². The van der Waals surface area contributed by atoms with Gasteiger partial charge in [0.15, 0.2) is 6.29 Å². The minimum atomic E-state index is -0.941. The van der Waals surface area contributed by atoms with Gasteiger partial charge in [-0.3, -0.25) is 0 Å². The molecule has 2 rings (SSSR count). The van der Waals surface area contributed by atoms with Crippen molar-refractivity contribution in [2.24, 2.45) is 0 Å². The van der Waals surface area contributed by atoms with Crippen LogP contribution in [0.1, 0.15) is 29.6 Å². The first-order valence-electron chi connectivity index (χ1n) is 7.10. The summed E-state index contributed by atoms with van der Waals surface area (Å²) in [4.78, 5) is 10.7. The zero-order chi connectivity index (χ0) is 14.9. The van der Waals surface area contributed by atoms with E-state index in [4.69, 9.17) is 19.3 Å². The number of hydrogen-bond acceptors (Lipinski definition) is 4. The molecule has 1 aromatic carbocycles. The normalized spacial score (nSPS) is 18.8. The molecule has 1 aliphatic rings. The largest absolute Gasteiger partial charge is 0.490 e. The Morgan fingerprint density at radius 1 is 1.24 bits per heavy atom. The third kappa shape index (κ3) is 5.57. The molecule has 0 radical (unpaired) electrons. The molecule has 1 aromatic rings. The highest BCUT2D eigenvalue weighted by atomic mass is 16.7. The van der Waals surface area contributed by atoms with E-state index >= 15 is 0 Å². The van der Waals surface area contributed by atoms with Gasteiger partial charge in [-0.15, -0.1) is 0 Å². The van der Waals surface area contributed by atoms with Crippen LogP contribution in [0.2, 0.25) is 0 Å². The van der Waals surface area contributed by atoms with Crippen LogP contribution in [0.25, 0.3) is 0 Å². The summed E-state index contributed by atoms with van der Waals surface area (Å²) in [6.45, 7) is 1.71. The summed E-state index contributed by atoms with van der Waals surface area (Å²) in [7, 11) is 0. The molecule has 0 amide bonds. The van der Waals surface area contributed by atoms with Gasteiger partial charge in [0, 0.05) is 6.61 Å². The second kappa shape index (κ2) is 8.44.